The summed E-state index contributed by atoms with van der Waals surface area (Å²) >= 11 is 0. The Morgan fingerprint density at radius 1 is 1.29 bits per heavy atom. The fourth-order valence-corrected chi connectivity index (χ4v) is 2.08. The smallest absolute Gasteiger partial charge is 0.165 e. The Bertz CT molecular complexity index is 411. The van der Waals surface area contributed by atoms with Crippen molar-refractivity contribution in [3.63, 3.8) is 0 Å². The van der Waals surface area contributed by atoms with Gasteiger partial charge in [0.05, 0.1) is 11.6 Å². The van der Waals surface area contributed by atoms with E-state index in [1.54, 1.807) is 18.2 Å². The number of Topliss-reactive ketones (excluding diaryl/α,β-unsaturated/α-hetero) is 1. The molecule has 0 amide bonds. The van der Waals surface area contributed by atoms with Crippen molar-refractivity contribution in [2.75, 3.05) is 0 Å². The van der Waals surface area contributed by atoms with Crippen molar-refractivity contribution < 1.29 is 4.79 Å². The molecule has 0 fully saturated rings. The number of carbonyl (C=O) groups excluding carboxylic acids is 1. The van der Waals surface area contributed by atoms with Crippen molar-refractivity contribution in [3.8, 4) is 6.07 Å². The van der Waals surface area contributed by atoms with Crippen molar-refractivity contribution in [2.24, 2.45) is 5.92 Å². The number of nitriles is 1. The second-order valence-electron chi connectivity index (χ2n) is 4.33. The molecule has 1 aromatic carbocycles. The topological polar surface area (TPSA) is 40.9 Å². The lowest BCUT2D eigenvalue weighted by Crippen LogP contribution is -2.14. The zero-order chi connectivity index (χ0) is 12.7. The molecule has 0 aromatic heterocycles. The van der Waals surface area contributed by atoms with Gasteiger partial charge < -0.3 is 0 Å². The van der Waals surface area contributed by atoms with Crippen molar-refractivity contribution in [2.45, 2.75) is 39.5 Å². The summed E-state index contributed by atoms with van der Waals surface area (Å²) in [6, 6.07) is 9.08. The number of hydrogen-bond donors (Lipinski definition) is 0. The molecule has 0 heterocycles. The Morgan fingerprint density at radius 2 is 1.94 bits per heavy atom. The van der Waals surface area contributed by atoms with E-state index in [9.17, 15) is 4.79 Å². The second kappa shape index (κ2) is 6.85. The number of hydrogen-bond acceptors (Lipinski definition) is 2. The number of ketones is 1. The number of benzene rings is 1. The summed E-state index contributed by atoms with van der Waals surface area (Å²) in [5.74, 6) is 0.296. The molecule has 1 aromatic rings. The van der Waals surface area contributed by atoms with Crippen LogP contribution in [0.15, 0.2) is 24.3 Å². The summed E-state index contributed by atoms with van der Waals surface area (Å²) in [6.45, 7) is 4.20. The number of nitrogens with zero attached hydrogens (tertiary/aromatic N) is 1. The van der Waals surface area contributed by atoms with Gasteiger partial charge in [0.2, 0.25) is 0 Å². The molecule has 0 unspecified atom stereocenters. The molecule has 0 bridgehead atoms. The zero-order valence-corrected chi connectivity index (χ0v) is 10.6. The monoisotopic (exact) mass is 229 g/mol. The molecular formula is C15H19NO. The Balaban J connectivity index is 2.89. The molecule has 2 heteroatoms. The summed E-state index contributed by atoms with van der Waals surface area (Å²) in [6.07, 6.45) is 3.91. The van der Waals surface area contributed by atoms with Crippen LogP contribution in [0.25, 0.3) is 0 Å². The van der Waals surface area contributed by atoms with Crippen LogP contribution >= 0.6 is 0 Å². The van der Waals surface area contributed by atoms with Gasteiger partial charge in [-0.05, 0) is 25.0 Å². The van der Waals surface area contributed by atoms with Gasteiger partial charge in [-0.2, -0.15) is 5.26 Å². The molecular weight excluding hydrogens is 210 g/mol. The lowest BCUT2D eigenvalue weighted by Gasteiger charge is -2.13. The van der Waals surface area contributed by atoms with Crippen LogP contribution in [0.1, 0.15) is 55.5 Å². The van der Waals surface area contributed by atoms with Gasteiger partial charge in [0, 0.05) is 11.5 Å². The van der Waals surface area contributed by atoms with Gasteiger partial charge in [0.1, 0.15) is 0 Å². The largest absolute Gasteiger partial charge is 0.294 e. The summed E-state index contributed by atoms with van der Waals surface area (Å²) in [5, 5.41) is 8.83. The van der Waals surface area contributed by atoms with Crippen LogP contribution in [-0.2, 0) is 0 Å². The van der Waals surface area contributed by atoms with Gasteiger partial charge in [-0.3, -0.25) is 4.79 Å². The van der Waals surface area contributed by atoms with Crippen molar-refractivity contribution in [1.29, 1.82) is 5.26 Å². The molecule has 0 aliphatic rings. The minimum Gasteiger partial charge on any atom is -0.294 e. The van der Waals surface area contributed by atoms with Crippen LogP contribution in [0.5, 0.6) is 0 Å². The van der Waals surface area contributed by atoms with Gasteiger partial charge >= 0.3 is 0 Å². The second-order valence-corrected chi connectivity index (χ2v) is 4.33. The van der Waals surface area contributed by atoms with Crippen LogP contribution < -0.4 is 0 Å². The first-order chi connectivity index (χ1) is 8.22. The summed E-state index contributed by atoms with van der Waals surface area (Å²) in [5.41, 5.74) is 1.23. The van der Waals surface area contributed by atoms with E-state index in [4.69, 9.17) is 5.26 Å². The fraction of sp³-hybridized carbons (Fsp3) is 0.467. The average Bonchev–Trinajstić information content (AvgIpc) is 2.38. The van der Waals surface area contributed by atoms with Crippen LogP contribution in [0.3, 0.4) is 0 Å². The van der Waals surface area contributed by atoms with E-state index in [1.165, 1.54) is 0 Å². The molecule has 0 radical (unpaired) electrons. The highest BCUT2D eigenvalue weighted by Gasteiger charge is 2.18. The van der Waals surface area contributed by atoms with E-state index >= 15 is 0 Å². The highest BCUT2D eigenvalue weighted by Crippen LogP contribution is 2.20. The standard InChI is InChI=1S/C15H19NO/c1-3-6-13(7-4-2)15(17)14-9-5-8-12(10-14)11-16/h5,8-10,13H,3-4,6-7H2,1-2H3. The number of rotatable bonds is 6. The lowest BCUT2D eigenvalue weighted by atomic mass is 9.89. The Labute approximate surface area is 103 Å². The first-order valence-electron chi connectivity index (χ1n) is 6.27. The number of carbonyl (C=O) groups is 1. The van der Waals surface area contributed by atoms with Gasteiger partial charge in [-0.25, -0.2) is 0 Å². The Hall–Kier alpha value is -1.62. The maximum absolute atomic E-state index is 12.3. The molecule has 17 heavy (non-hydrogen) atoms. The normalized spacial score (nSPS) is 10.2. The molecule has 0 saturated heterocycles. The highest BCUT2D eigenvalue weighted by atomic mass is 16.1. The van der Waals surface area contributed by atoms with Gasteiger partial charge in [-0.1, -0.05) is 38.8 Å². The Morgan fingerprint density at radius 3 is 2.47 bits per heavy atom. The van der Waals surface area contributed by atoms with Gasteiger partial charge in [0.25, 0.3) is 0 Å². The van der Waals surface area contributed by atoms with Crippen molar-refractivity contribution in [1.82, 2.24) is 0 Å². The minimum atomic E-state index is 0.110. The third kappa shape index (κ3) is 3.71. The zero-order valence-electron chi connectivity index (χ0n) is 10.6. The summed E-state index contributed by atoms with van der Waals surface area (Å²) < 4.78 is 0. The predicted molar refractivity (Wildman–Crippen MR) is 68.8 cm³/mol. The summed E-state index contributed by atoms with van der Waals surface area (Å²) in [4.78, 5) is 12.3. The van der Waals surface area contributed by atoms with E-state index < -0.39 is 0 Å². The summed E-state index contributed by atoms with van der Waals surface area (Å²) in [7, 11) is 0. The van der Waals surface area contributed by atoms with E-state index in [1.807, 2.05) is 6.07 Å². The molecule has 0 aliphatic heterocycles. The maximum atomic E-state index is 12.3. The highest BCUT2D eigenvalue weighted by molar-refractivity contribution is 5.98. The average molecular weight is 229 g/mol. The van der Waals surface area contributed by atoms with E-state index in [0.29, 0.717) is 11.1 Å². The third-order valence-corrected chi connectivity index (χ3v) is 2.92. The first-order valence-corrected chi connectivity index (χ1v) is 6.27. The van der Waals surface area contributed by atoms with Crippen LogP contribution in [0, 0.1) is 17.2 Å². The molecule has 0 spiro atoms. The van der Waals surface area contributed by atoms with Crippen LogP contribution in [0.2, 0.25) is 0 Å². The molecule has 2 nitrogen and oxygen atoms in total. The van der Waals surface area contributed by atoms with Crippen LogP contribution in [0.4, 0.5) is 0 Å². The lowest BCUT2D eigenvalue weighted by molar-refractivity contribution is 0.0905. The Kier molecular flexibility index (Phi) is 5.42. The van der Waals surface area contributed by atoms with Crippen molar-refractivity contribution >= 4 is 5.78 Å². The van der Waals surface area contributed by atoms with Crippen LogP contribution in [-0.4, -0.2) is 5.78 Å². The van der Waals surface area contributed by atoms with E-state index in [2.05, 4.69) is 19.9 Å². The van der Waals surface area contributed by atoms with Crippen molar-refractivity contribution in [3.05, 3.63) is 35.4 Å². The molecule has 0 N–H and O–H groups in total. The first kappa shape index (κ1) is 13.4. The molecule has 0 saturated carbocycles. The predicted octanol–water partition coefficient (Wildman–Crippen LogP) is 3.96. The van der Waals surface area contributed by atoms with E-state index in [0.717, 1.165) is 25.7 Å². The van der Waals surface area contributed by atoms with E-state index in [-0.39, 0.29) is 11.7 Å². The fourth-order valence-electron chi connectivity index (χ4n) is 2.08. The minimum absolute atomic E-state index is 0.110. The quantitative estimate of drug-likeness (QED) is 0.693. The SMILES string of the molecule is CCCC(CCC)C(=O)c1cccc(C#N)c1. The molecule has 90 valence electrons. The maximum Gasteiger partial charge on any atom is 0.165 e. The van der Waals surface area contributed by atoms with Gasteiger partial charge in [-0.15, -0.1) is 0 Å². The third-order valence-electron chi connectivity index (χ3n) is 2.92. The molecule has 0 aliphatic carbocycles. The van der Waals surface area contributed by atoms with Gasteiger partial charge in [0.15, 0.2) is 5.78 Å². The molecule has 1 rings (SSSR count). The molecule has 0 atom stereocenters.